The summed E-state index contributed by atoms with van der Waals surface area (Å²) in [6.07, 6.45) is 2.46. The van der Waals surface area contributed by atoms with Crippen molar-refractivity contribution in [1.82, 2.24) is 10.3 Å². The van der Waals surface area contributed by atoms with Crippen molar-refractivity contribution in [3.63, 3.8) is 0 Å². The SMILES string of the molecule is CC(NC(=O)C#Cc1ccc2c(c1)OCO2)c1csc(C2CC2)n1. The first-order valence-corrected chi connectivity index (χ1v) is 8.74. The molecule has 1 aromatic heterocycles. The molecule has 1 amide bonds. The average molecular weight is 340 g/mol. The van der Waals surface area contributed by atoms with Gasteiger partial charge in [0.2, 0.25) is 6.79 Å². The number of rotatable bonds is 3. The van der Waals surface area contributed by atoms with Crippen molar-refractivity contribution in [2.75, 3.05) is 6.79 Å². The molecule has 1 fully saturated rings. The zero-order chi connectivity index (χ0) is 16.5. The molecule has 4 rings (SSSR count). The summed E-state index contributed by atoms with van der Waals surface area (Å²) in [5, 5.41) is 6.06. The Labute approximate surface area is 144 Å². The van der Waals surface area contributed by atoms with E-state index in [9.17, 15) is 4.79 Å². The number of thiazole rings is 1. The number of fused-ring (bicyclic) bond motifs is 1. The molecule has 1 aromatic carbocycles. The van der Waals surface area contributed by atoms with Gasteiger partial charge in [-0.15, -0.1) is 11.3 Å². The third-order valence-corrected chi connectivity index (χ3v) is 4.98. The summed E-state index contributed by atoms with van der Waals surface area (Å²) < 4.78 is 10.5. The van der Waals surface area contributed by atoms with Crippen molar-refractivity contribution in [2.45, 2.75) is 31.7 Å². The molecule has 122 valence electrons. The maximum Gasteiger partial charge on any atom is 0.296 e. The van der Waals surface area contributed by atoms with E-state index in [2.05, 4.69) is 22.1 Å². The molecule has 1 atom stereocenters. The van der Waals surface area contributed by atoms with Gasteiger partial charge < -0.3 is 14.8 Å². The number of hydrogen-bond donors (Lipinski definition) is 1. The number of carbonyl (C=O) groups excluding carboxylic acids is 1. The normalized spacial score (nSPS) is 16.2. The number of amides is 1. The maximum absolute atomic E-state index is 12.0. The van der Waals surface area contributed by atoms with Gasteiger partial charge in [0.15, 0.2) is 11.5 Å². The Hall–Kier alpha value is -2.52. The van der Waals surface area contributed by atoms with Crippen molar-refractivity contribution >= 4 is 17.2 Å². The van der Waals surface area contributed by atoms with Crippen molar-refractivity contribution < 1.29 is 14.3 Å². The highest BCUT2D eigenvalue weighted by atomic mass is 32.1. The van der Waals surface area contributed by atoms with Crippen LogP contribution in [0.25, 0.3) is 0 Å². The predicted molar refractivity (Wildman–Crippen MR) is 90.1 cm³/mol. The van der Waals surface area contributed by atoms with E-state index in [1.165, 1.54) is 17.8 Å². The first-order chi connectivity index (χ1) is 11.7. The number of benzene rings is 1. The van der Waals surface area contributed by atoms with Crippen LogP contribution in [0.1, 0.15) is 48.0 Å². The molecule has 2 aromatic rings. The molecule has 1 aliphatic heterocycles. The molecule has 2 aliphatic rings. The Bertz CT molecular complexity index is 845. The summed E-state index contributed by atoms with van der Waals surface area (Å²) >= 11 is 1.67. The number of aromatic nitrogens is 1. The van der Waals surface area contributed by atoms with Crippen molar-refractivity contribution in [2.24, 2.45) is 0 Å². The van der Waals surface area contributed by atoms with Gasteiger partial charge in [0, 0.05) is 22.8 Å². The fourth-order valence-corrected chi connectivity index (χ4v) is 3.51. The zero-order valence-electron chi connectivity index (χ0n) is 13.2. The fraction of sp³-hybridized carbons (Fsp3) is 0.333. The standard InChI is InChI=1S/C18H16N2O3S/c1-11(14-9-24-18(20-14)13-4-5-13)19-17(21)7-3-12-2-6-15-16(8-12)23-10-22-15/h2,6,8-9,11,13H,4-5,10H2,1H3,(H,19,21). The molecule has 1 saturated carbocycles. The summed E-state index contributed by atoms with van der Waals surface area (Å²) in [6.45, 7) is 2.15. The molecule has 6 heteroatoms. The van der Waals surface area contributed by atoms with Crippen LogP contribution in [0.5, 0.6) is 11.5 Å². The van der Waals surface area contributed by atoms with Crippen LogP contribution in [0.4, 0.5) is 0 Å². The van der Waals surface area contributed by atoms with Gasteiger partial charge in [-0.1, -0.05) is 5.92 Å². The van der Waals surface area contributed by atoms with Crippen LogP contribution in [0.2, 0.25) is 0 Å². The summed E-state index contributed by atoms with van der Waals surface area (Å²) in [5.41, 5.74) is 1.62. The quantitative estimate of drug-likeness (QED) is 0.873. The monoisotopic (exact) mass is 340 g/mol. The van der Waals surface area contributed by atoms with E-state index in [1.54, 1.807) is 29.5 Å². The lowest BCUT2D eigenvalue weighted by Gasteiger charge is -2.08. The zero-order valence-corrected chi connectivity index (χ0v) is 14.0. The minimum absolute atomic E-state index is 0.146. The molecule has 24 heavy (non-hydrogen) atoms. The third kappa shape index (κ3) is 3.22. The number of carbonyl (C=O) groups is 1. The lowest BCUT2D eigenvalue weighted by atomic mass is 10.2. The van der Waals surface area contributed by atoms with Gasteiger partial charge in [0.1, 0.15) is 0 Å². The maximum atomic E-state index is 12.0. The molecule has 5 nitrogen and oxygen atoms in total. The van der Waals surface area contributed by atoms with Crippen LogP contribution in [0, 0.1) is 11.8 Å². The van der Waals surface area contributed by atoms with E-state index >= 15 is 0 Å². The third-order valence-electron chi connectivity index (χ3n) is 3.95. The molecule has 0 bridgehead atoms. The van der Waals surface area contributed by atoms with E-state index < -0.39 is 0 Å². The fourth-order valence-electron chi connectivity index (χ4n) is 2.43. The molecule has 1 N–H and O–H groups in total. The van der Waals surface area contributed by atoms with Gasteiger partial charge in [-0.3, -0.25) is 4.79 Å². The highest BCUT2D eigenvalue weighted by Gasteiger charge is 2.27. The van der Waals surface area contributed by atoms with Crippen LogP contribution in [0.15, 0.2) is 23.6 Å². The Morgan fingerprint density at radius 1 is 1.38 bits per heavy atom. The Morgan fingerprint density at radius 3 is 3.04 bits per heavy atom. The van der Waals surface area contributed by atoms with Crippen LogP contribution < -0.4 is 14.8 Å². The van der Waals surface area contributed by atoms with Crippen LogP contribution in [-0.4, -0.2) is 17.7 Å². The molecule has 0 saturated heterocycles. The number of nitrogens with zero attached hydrogens (tertiary/aromatic N) is 1. The highest BCUT2D eigenvalue weighted by molar-refractivity contribution is 7.09. The molecule has 1 unspecified atom stereocenters. The van der Waals surface area contributed by atoms with Gasteiger partial charge in [-0.2, -0.15) is 0 Å². The largest absolute Gasteiger partial charge is 0.454 e. The second kappa shape index (κ2) is 6.17. The van der Waals surface area contributed by atoms with Gasteiger partial charge in [0.25, 0.3) is 5.91 Å². The lowest BCUT2D eigenvalue weighted by molar-refractivity contribution is -0.116. The van der Waals surface area contributed by atoms with Gasteiger partial charge >= 0.3 is 0 Å². The topological polar surface area (TPSA) is 60.5 Å². The summed E-state index contributed by atoms with van der Waals surface area (Å²) in [5.74, 6) is 7.14. The molecular weight excluding hydrogens is 324 g/mol. The van der Waals surface area contributed by atoms with E-state index in [-0.39, 0.29) is 18.7 Å². The first kappa shape index (κ1) is 15.0. The second-order valence-corrected chi connectivity index (χ2v) is 6.79. The van der Waals surface area contributed by atoms with Gasteiger partial charge in [-0.25, -0.2) is 4.98 Å². The number of nitrogens with one attached hydrogen (secondary N) is 1. The highest BCUT2D eigenvalue weighted by Crippen LogP contribution is 2.41. The van der Waals surface area contributed by atoms with Crippen LogP contribution >= 0.6 is 11.3 Å². The van der Waals surface area contributed by atoms with Crippen molar-refractivity contribution in [1.29, 1.82) is 0 Å². The van der Waals surface area contributed by atoms with Crippen LogP contribution in [-0.2, 0) is 4.79 Å². The summed E-state index contributed by atoms with van der Waals surface area (Å²) in [6, 6.07) is 5.22. The Kier molecular flexibility index (Phi) is 3.87. The van der Waals surface area contributed by atoms with Crippen LogP contribution in [0.3, 0.4) is 0 Å². The molecule has 0 spiro atoms. The molecule has 0 radical (unpaired) electrons. The van der Waals surface area contributed by atoms with E-state index in [0.29, 0.717) is 23.0 Å². The van der Waals surface area contributed by atoms with E-state index in [4.69, 9.17) is 9.47 Å². The van der Waals surface area contributed by atoms with E-state index in [0.717, 1.165) is 5.69 Å². The first-order valence-electron chi connectivity index (χ1n) is 7.86. The minimum Gasteiger partial charge on any atom is -0.454 e. The lowest BCUT2D eigenvalue weighted by Crippen LogP contribution is -2.25. The van der Waals surface area contributed by atoms with Crippen molar-refractivity contribution in [3.05, 3.63) is 39.8 Å². The average Bonchev–Trinajstić information content (AvgIpc) is 3.12. The van der Waals surface area contributed by atoms with Gasteiger partial charge in [-0.05, 0) is 38.0 Å². The molecular formula is C18H16N2O3S. The molecule has 2 heterocycles. The smallest absolute Gasteiger partial charge is 0.296 e. The summed E-state index contributed by atoms with van der Waals surface area (Å²) in [7, 11) is 0. The van der Waals surface area contributed by atoms with Crippen molar-refractivity contribution in [3.8, 4) is 23.3 Å². The van der Waals surface area contributed by atoms with Gasteiger partial charge in [0.05, 0.1) is 16.7 Å². The minimum atomic E-state index is -0.318. The van der Waals surface area contributed by atoms with E-state index in [1.807, 2.05) is 12.3 Å². The Balaban J connectivity index is 1.39. The molecule has 1 aliphatic carbocycles. The number of ether oxygens (including phenoxy) is 2. The Morgan fingerprint density at radius 2 is 2.21 bits per heavy atom. The number of hydrogen-bond acceptors (Lipinski definition) is 5. The second-order valence-electron chi connectivity index (χ2n) is 5.90. The summed E-state index contributed by atoms with van der Waals surface area (Å²) in [4.78, 5) is 16.6. The predicted octanol–water partition coefficient (Wildman–Crippen LogP) is 2.98.